The van der Waals surface area contributed by atoms with Crippen molar-refractivity contribution >= 4 is 27.4 Å². The molecule has 0 spiro atoms. The minimum absolute atomic E-state index is 0.0693. The monoisotopic (exact) mass is 478 g/mol. The number of nitrogens with zero attached hydrogens (tertiary/aromatic N) is 2. The van der Waals surface area contributed by atoms with Gasteiger partial charge >= 0.3 is 0 Å². The van der Waals surface area contributed by atoms with Crippen LogP contribution in [-0.2, 0) is 10.0 Å². The van der Waals surface area contributed by atoms with Crippen LogP contribution in [0.4, 0.5) is 11.5 Å². The summed E-state index contributed by atoms with van der Waals surface area (Å²) in [4.78, 5) is 20.1. The summed E-state index contributed by atoms with van der Waals surface area (Å²) in [7, 11) is -4.12. The van der Waals surface area contributed by atoms with Gasteiger partial charge in [-0.2, -0.15) is 0 Å². The highest BCUT2D eigenvalue weighted by molar-refractivity contribution is 7.90. The van der Waals surface area contributed by atoms with Crippen molar-refractivity contribution in [2.24, 2.45) is 5.92 Å². The Morgan fingerprint density at radius 1 is 1.12 bits per heavy atom. The van der Waals surface area contributed by atoms with Gasteiger partial charge in [0.15, 0.2) is 0 Å². The molecule has 1 saturated heterocycles. The summed E-state index contributed by atoms with van der Waals surface area (Å²) >= 11 is 0. The summed E-state index contributed by atoms with van der Waals surface area (Å²) in [6.45, 7) is 9.11. The number of carbonyl (C=O) groups excluding carboxylic acids is 1. The Morgan fingerprint density at radius 3 is 2.44 bits per heavy atom. The summed E-state index contributed by atoms with van der Waals surface area (Å²) in [5, 5.41) is 0. The normalized spacial score (nSPS) is 17.5. The molecule has 1 fully saturated rings. The van der Waals surface area contributed by atoms with Crippen LogP contribution in [0.2, 0.25) is 0 Å². The SMILES string of the molecule is Cc1ccc(-c2cnc(N3CC(C)CC3(C)C)c(C(=O)NS(=O)(=O)c3cccc(N)c3)c2)cc1. The molecule has 8 heteroatoms. The molecule has 4 rings (SSSR count). The van der Waals surface area contributed by atoms with Crippen LogP contribution in [-0.4, -0.2) is 31.4 Å². The second kappa shape index (κ2) is 8.76. The molecule has 178 valence electrons. The molecule has 1 atom stereocenters. The fourth-order valence-corrected chi connectivity index (χ4v) is 5.64. The zero-order chi connectivity index (χ0) is 24.7. The van der Waals surface area contributed by atoms with Crippen molar-refractivity contribution in [1.82, 2.24) is 9.71 Å². The predicted molar refractivity (Wildman–Crippen MR) is 135 cm³/mol. The number of hydrogen-bond acceptors (Lipinski definition) is 6. The lowest BCUT2D eigenvalue weighted by atomic mass is 9.97. The molecule has 3 N–H and O–H groups in total. The number of benzene rings is 2. The third-order valence-corrected chi connectivity index (χ3v) is 7.55. The van der Waals surface area contributed by atoms with E-state index >= 15 is 0 Å². The molecule has 1 amide bonds. The Morgan fingerprint density at radius 2 is 1.82 bits per heavy atom. The molecule has 1 aromatic heterocycles. The standard InChI is InChI=1S/C26H30N4O3S/c1-17-8-10-19(11-9-17)20-12-23(24(28-15-20)30-16-18(2)14-26(30,3)4)25(31)29-34(32,33)22-7-5-6-21(27)13-22/h5-13,15,18H,14,16,27H2,1-4H3,(H,29,31). The first-order chi connectivity index (χ1) is 16.0. The van der Waals surface area contributed by atoms with Gasteiger partial charge in [-0.05, 0) is 62.9 Å². The lowest BCUT2D eigenvalue weighted by Gasteiger charge is -2.33. The van der Waals surface area contributed by atoms with Crippen LogP contribution in [0.1, 0.15) is 43.1 Å². The van der Waals surface area contributed by atoms with Gasteiger partial charge in [-0.1, -0.05) is 42.8 Å². The van der Waals surface area contributed by atoms with E-state index in [2.05, 4.69) is 35.4 Å². The van der Waals surface area contributed by atoms with E-state index in [1.54, 1.807) is 18.3 Å². The maximum Gasteiger partial charge on any atom is 0.268 e. The van der Waals surface area contributed by atoms with Crippen LogP contribution in [0.5, 0.6) is 0 Å². The van der Waals surface area contributed by atoms with Gasteiger partial charge in [0, 0.05) is 29.5 Å². The maximum atomic E-state index is 13.4. The van der Waals surface area contributed by atoms with Gasteiger partial charge in [0.05, 0.1) is 10.5 Å². The number of sulfonamides is 1. The van der Waals surface area contributed by atoms with Gasteiger partial charge in [0.1, 0.15) is 5.82 Å². The van der Waals surface area contributed by atoms with Gasteiger partial charge in [0.25, 0.3) is 15.9 Å². The van der Waals surface area contributed by atoms with Crippen LogP contribution in [0, 0.1) is 12.8 Å². The molecular formula is C26H30N4O3S. The highest BCUT2D eigenvalue weighted by atomic mass is 32.2. The Kier molecular flexibility index (Phi) is 6.12. The molecule has 3 aromatic rings. The average molecular weight is 479 g/mol. The average Bonchev–Trinajstić information content (AvgIpc) is 3.05. The number of rotatable bonds is 5. The molecule has 34 heavy (non-hydrogen) atoms. The zero-order valence-corrected chi connectivity index (χ0v) is 20.7. The molecule has 7 nitrogen and oxygen atoms in total. The van der Waals surface area contributed by atoms with Gasteiger partial charge in [0.2, 0.25) is 0 Å². The van der Waals surface area contributed by atoms with E-state index in [0.717, 1.165) is 29.7 Å². The van der Waals surface area contributed by atoms with Crippen molar-refractivity contribution in [3.05, 3.63) is 71.9 Å². The fourth-order valence-electron chi connectivity index (χ4n) is 4.62. The van der Waals surface area contributed by atoms with Crippen LogP contribution in [0.3, 0.4) is 0 Å². The number of carbonyl (C=O) groups is 1. The predicted octanol–water partition coefficient (Wildman–Crippen LogP) is 4.38. The number of amides is 1. The fraction of sp³-hybridized carbons (Fsp3) is 0.308. The van der Waals surface area contributed by atoms with E-state index in [1.807, 2.05) is 31.2 Å². The van der Waals surface area contributed by atoms with E-state index in [9.17, 15) is 13.2 Å². The van der Waals surface area contributed by atoms with Crippen molar-refractivity contribution < 1.29 is 13.2 Å². The Bertz CT molecular complexity index is 1330. The van der Waals surface area contributed by atoms with Crippen LogP contribution in [0.15, 0.2) is 65.7 Å². The molecular weight excluding hydrogens is 448 g/mol. The molecule has 0 bridgehead atoms. The smallest absolute Gasteiger partial charge is 0.268 e. The van der Waals surface area contributed by atoms with Crippen molar-refractivity contribution in [2.45, 2.75) is 44.6 Å². The highest BCUT2D eigenvalue weighted by Gasteiger charge is 2.39. The summed E-state index contributed by atoms with van der Waals surface area (Å²) in [5.74, 6) is 0.167. The molecule has 0 aliphatic carbocycles. The Hall–Kier alpha value is -3.39. The van der Waals surface area contributed by atoms with Crippen molar-refractivity contribution in [3.63, 3.8) is 0 Å². The summed E-state index contributed by atoms with van der Waals surface area (Å²) in [6.07, 6.45) is 2.68. The summed E-state index contributed by atoms with van der Waals surface area (Å²) < 4.78 is 28.1. The third kappa shape index (κ3) is 4.77. The Labute approximate surface area is 201 Å². The van der Waals surface area contributed by atoms with Crippen molar-refractivity contribution in [2.75, 3.05) is 17.2 Å². The van der Waals surface area contributed by atoms with Crippen molar-refractivity contribution in [1.29, 1.82) is 0 Å². The third-order valence-electron chi connectivity index (χ3n) is 6.22. The van der Waals surface area contributed by atoms with Gasteiger partial charge in [-0.15, -0.1) is 0 Å². The number of nitrogens with one attached hydrogen (secondary N) is 1. The number of nitrogens with two attached hydrogens (primary N) is 1. The number of hydrogen-bond donors (Lipinski definition) is 2. The molecule has 1 aliphatic heterocycles. The minimum Gasteiger partial charge on any atom is -0.399 e. The first kappa shape index (κ1) is 23.8. The van der Waals surface area contributed by atoms with Crippen LogP contribution < -0.4 is 15.4 Å². The van der Waals surface area contributed by atoms with Crippen LogP contribution in [0.25, 0.3) is 11.1 Å². The topological polar surface area (TPSA) is 105 Å². The van der Waals surface area contributed by atoms with E-state index < -0.39 is 15.9 Å². The molecule has 0 radical (unpaired) electrons. The van der Waals surface area contributed by atoms with E-state index in [0.29, 0.717) is 17.4 Å². The summed E-state index contributed by atoms with van der Waals surface area (Å²) in [5.41, 5.74) is 8.79. The van der Waals surface area contributed by atoms with Crippen molar-refractivity contribution in [3.8, 4) is 11.1 Å². The second-order valence-electron chi connectivity index (χ2n) is 9.70. The molecule has 1 unspecified atom stereocenters. The van der Waals surface area contributed by atoms with E-state index in [1.165, 1.54) is 18.2 Å². The van der Waals surface area contributed by atoms with Crippen LogP contribution >= 0.6 is 0 Å². The summed E-state index contributed by atoms with van der Waals surface area (Å²) in [6, 6.07) is 15.4. The largest absolute Gasteiger partial charge is 0.399 e. The second-order valence-corrected chi connectivity index (χ2v) is 11.4. The number of pyridine rings is 1. The Balaban J connectivity index is 1.78. The molecule has 2 heterocycles. The van der Waals surface area contributed by atoms with Gasteiger partial charge in [-0.3, -0.25) is 4.79 Å². The highest BCUT2D eigenvalue weighted by Crippen LogP contribution is 2.38. The quantitative estimate of drug-likeness (QED) is 0.527. The molecule has 1 aliphatic rings. The number of aryl methyl sites for hydroxylation is 1. The van der Waals surface area contributed by atoms with E-state index in [4.69, 9.17) is 5.73 Å². The first-order valence-corrected chi connectivity index (χ1v) is 12.7. The molecule has 0 saturated carbocycles. The van der Waals surface area contributed by atoms with Gasteiger partial charge in [-0.25, -0.2) is 18.1 Å². The first-order valence-electron chi connectivity index (χ1n) is 11.2. The van der Waals surface area contributed by atoms with E-state index in [-0.39, 0.29) is 16.0 Å². The minimum atomic E-state index is -4.12. The lowest BCUT2D eigenvalue weighted by molar-refractivity contribution is 0.0981. The van der Waals surface area contributed by atoms with Gasteiger partial charge < -0.3 is 10.6 Å². The number of aromatic nitrogens is 1. The number of anilines is 2. The maximum absolute atomic E-state index is 13.4. The lowest BCUT2D eigenvalue weighted by Crippen LogP contribution is -2.41. The molecule has 2 aromatic carbocycles. The zero-order valence-electron chi connectivity index (χ0n) is 19.9. The number of nitrogen functional groups attached to an aromatic ring is 1.